The lowest BCUT2D eigenvalue weighted by molar-refractivity contribution is 0.103. The number of hydrogen-bond donors (Lipinski definition) is 1. The Kier molecular flexibility index (Phi) is 4.45. The number of anilines is 1. The quantitative estimate of drug-likeness (QED) is 0.568. The number of halogens is 1. The molecule has 0 aromatic heterocycles. The van der Waals surface area contributed by atoms with E-state index < -0.39 is 0 Å². The topological polar surface area (TPSA) is 60.2 Å². The monoisotopic (exact) mass is 335 g/mol. The van der Waals surface area contributed by atoms with Crippen LogP contribution in [0.1, 0.15) is 31.8 Å². The lowest BCUT2D eigenvalue weighted by Gasteiger charge is -2.11. The molecule has 0 amide bonds. The van der Waals surface area contributed by atoms with Crippen LogP contribution in [0, 0.1) is 0 Å². The van der Waals surface area contributed by atoms with Crippen LogP contribution in [0.25, 0.3) is 0 Å². The van der Waals surface area contributed by atoms with Crippen molar-refractivity contribution in [1.82, 2.24) is 0 Å². The number of nitrogens with two attached hydrogens (primary N) is 1. The molecule has 3 nitrogen and oxygen atoms in total. The van der Waals surface area contributed by atoms with Crippen molar-refractivity contribution in [3.63, 3.8) is 0 Å². The first kappa shape index (κ1) is 16.0. The molecule has 0 saturated heterocycles. The van der Waals surface area contributed by atoms with Gasteiger partial charge in [-0.2, -0.15) is 0 Å². The third-order valence-electron chi connectivity index (χ3n) is 3.71. The van der Waals surface area contributed by atoms with E-state index in [4.69, 9.17) is 17.3 Å². The van der Waals surface area contributed by atoms with E-state index >= 15 is 0 Å². The fourth-order valence-corrected chi connectivity index (χ4v) is 2.70. The van der Waals surface area contributed by atoms with Crippen molar-refractivity contribution in [2.75, 3.05) is 5.73 Å². The van der Waals surface area contributed by atoms with E-state index in [0.29, 0.717) is 16.1 Å². The Hall–Kier alpha value is -2.91. The summed E-state index contributed by atoms with van der Waals surface area (Å²) in [6.45, 7) is 0. The van der Waals surface area contributed by atoms with Crippen LogP contribution in [0.5, 0.6) is 0 Å². The number of benzene rings is 3. The van der Waals surface area contributed by atoms with Crippen LogP contribution in [0.4, 0.5) is 5.69 Å². The molecular formula is C20H14ClNO2. The highest BCUT2D eigenvalue weighted by atomic mass is 35.5. The van der Waals surface area contributed by atoms with E-state index in [1.807, 2.05) is 12.1 Å². The Morgan fingerprint density at radius 1 is 0.708 bits per heavy atom. The van der Waals surface area contributed by atoms with Gasteiger partial charge in [-0.15, -0.1) is 0 Å². The Bertz CT molecular complexity index is 833. The van der Waals surface area contributed by atoms with Gasteiger partial charge in [-0.05, 0) is 12.1 Å². The van der Waals surface area contributed by atoms with Crippen molar-refractivity contribution in [2.45, 2.75) is 0 Å². The van der Waals surface area contributed by atoms with E-state index in [9.17, 15) is 9.59 Å². The van der Waals surface area contributed by atoms with Crippen LogP contribution in [-0.2, 0) is 0 Å². The lowest BCUT2D eigenvalue weighted by atomic mass is 9.95. The Morgan fingerprint density at radius 2 is 1.08 bits per heavy atom. The predicted molar refractivity (Wildman–Crippen MR) is 95.6 cm³/mol. The molecule has 118 valence electrons. The lowest BCUT2D eigenvalue weighted by Crippen LogP contribution is -2.12. The molecule has 0 heterocycles. The Labute approximate surface area is 144 Å². The molecule has 3 aromatic rings. The fourth-order valence-electron chi connectivity index (χ4n) is 2.48. The molecule has 0 atom stereocenters. The van der Waals surface area contributed by atoms with Gasteiger partial charge in [0.1, 0.15) is 0 Å². The maximum absolute atomic E-state index is 12.7. The average Bonchev–Trinajstić information content (AvgIpc) is 2.63. The van der Waals surface area contributed by atoms with Crippen LogP contribution in [-0.4, -0.2) is 11.6 Å². The van der Waals surface area contributed by atoms with Crippen molar-refractivity contribution < 1.29 is 9.59 Å². The van der Waals surface area contributed by atoms with Gasteiger partial charge in [0.25, 0.3) is 0 Å². The molecule has 0 aliphatic rings. The molecule has 3 aromatic carbocycles. The second kappa shape index (κ2) is 6.69. The molecule has 4 heteroatoms. The van der Waals surface area contributed by atoms with Gasteiger partial charge in [-0.1, -0.05) is 72.3 Å². The van der Waals surface area contributed by atoms with Crippen LogP contribution in [0.3, 0.4) is 0 Å². The molecule has 0 aliphatic carbocycles. The minimum absolute atomic E-state index is 0.141. The van der Waals surface area contributed by atoms with Crippen LogP contribution < -0.4 is 5.73 Å². The molecule has 0 unspecified atom stereocenters. The molecular weight excluding hydrogens is 322 g/mol. The van der Waals surface area contributed by atoms with Crippen molar-refractivity contribution in [3.8, 4) is 0 Å². The summed E-state index contributed by atoms with van der Waals surface area (Å²) in [5, 5.41) is 0.294. The molecule has 0 aliphatic heterocycles. The number of hydrogen-bond acceptors (Lipinski definition) is 3. The van der Waals surface area contributed by atoms with Crippen LogP contribution in [0.15, 0.2) is 72.8 Å². The molecule has 0 bridgehead atoms. The smallest absolute Gasteiger partial charge is 0.195 e. The second-order valence-electron chi connectivity index (χ2n) is 5.30. The zero-order valence-electron chi connectivity index (χ0n) is 12.7. The van der Waals surface area contributed by atoms with E-state index in [-0.39, 0.29) is 28.4 Å². The zero-order chi connectivity index (χ0) is 17.1. The van der Waals surface area contributed by atoms with Crippen molar-refractivity contribution in [3.05, 3.63) is 100 Å². The van der Waals surface area contributed by atoms with Gasteiger partial charge >= 0.3 is 0 Å². The highest BCUT2D eigenvalue weighted by molar-refractivity contribution is 6.32. The first-order valence-corrected chi connectivity index (χ1v) is 7.74. The van der Waals surface area contributed by atoms with Crippen molar-refractivity contribution in [1.29, 1.82) is 0 Å². The summed E-state index contributed by atoms with van der Waals surface area (Å²) >= 11 is 6.13. The molecule has 0 fully saturated rings. The molecule has 2 N–H and O–H groups in total. The first-order valence-electron chi connectivity index (χ1n) is 7.36. The predicted octanol–water partition coefficient (Wildman–Crippen LogP) is 4.38. The minimum atomic E-state index is -0.266. The highest BCUT2D eigenvalue weighted by Crippen LogP contribution is 2.27. The van der Waals surface area contributed by atoms with Gasteiger partial charge in [0.2, 0.25) is 0 Å². The minimum Gasteiger partial charge on any atom is -0.398 e. The number of carbonyl (C=O) groups is 2. The first-order chi connectivity index (χ1) is 11.6. The summed E-state index contributed by atoms with van der Waals surface area (Å²) in [6.07, 6.45) is 0. The van der Waals surface area contributed by atoms with Gasteiger partial charge in [0.05, 0.1) is 5.69 Å². The van der Waals surface area contributed by atoms with Gasteiger partial charge in [-0.3, -0.25) is 9.59 Å². The number of nitrogen functional groups attached to an aromatic ring is 1. The standard InChI is InChI=1S/C20H14ClNO2/c21-15-11-16(19(23)13-7-3-1-4-8-13)18(22)17(12-15)20(24)14-9-5-2-6-10-14/h1-12H,22H2. The maximum Gasteiger partial charge on any atom is 0.195 e. The van der Waals surface area contributed by atoms with Crippen LogP contribution >= 0.6 is 11.6 Å². The van der Waals surface area contributed by atoms with Crippen molar-refractivity contribution >= 4 is 28.9 Å². The van der Waals surface area contributed by atoms with Gasteiger partial charge in [-0.25, -0.2) is 0 Å². The third kappa shape index (κ3) is 3.07. The third-order valence-corrected chi connectivity index (χ3v) is 3.92. The van der Waals surface area contributed by atoms with E-state index in [1.165, 1.54) is 12.1 Å². The highest BCUT2D eigenvalue weighted by Gasteiger charge is 2.20. The van der Waals surface area contributed by atoms with Crippen molar-refractivity contribution in [2.24, 2.45) is 0 Å². The van der Waals surface area contributed by atoms with E-state index in [1.54, 1.807) is 48.5 Å². The van der Waals surface area contributed by atoms with Gasteiger partial charge in [0, 0.05) is 27.3 Å². The summed E-state index contributed by atoms with van der Waals surface area (Å²) in [6, 6.07) is 20.5. The molecule has 0 radical (unpaired) electrons. The van der Waals surface area contributed by atoms with E-state index in [2.05, 4.69) is 0 Å². The number of carbonyl (C=O) groups excluding carboxylic acids is 2. The largest absolute Gasteiger partial charge is 0.398 e. The number of ketones is 2. The summed E-state index contributed by atoms with van der Waals surface area (Å²) in [5.74, 6) is -0.532. The SMILES string of the molecule is Nc1c(C(=O)c2ccccc2)cc(Cl)cc1C(=O)c1ccccc1. The normalized spacial score (nSPS) is 10.4. The van der Waals surface area contributed by atoms with Crippen LogP contribution in [0.2, 0.25) is 5.02 Å². The Morgan fingerprint density at radius 3 is 1.46 bits per heavy atom. The summed E-state index contributed by atoms with van der Waals surface area (Å²) in [5.41, 5.74) is 7.71. The second-order valence-corrected chi connectivity index (χ2v) is 5.74. The molecule has 3 rings (SSSR count). The molecule has 0 saturated carbocycles. The average molecular weight is 336 g/mol. The van der Waals surface area contributed by atoms with E-state index in [0.717, 1.165) is 0 Å². The van der Waals surface area contributed by atoms with Gasteiger partial charge < -0.3 is 5.73 Å². The maximum atomic E-state index is 12.7. The Balaban J connectivity index is 2.09. The molecule has 24 heavy (non-hydrogen) atoms. The summed E-state index contributed by atoms with van der Waals surface area (Å²) in [4.78, 5) is 25.4. The zero-order valence-corrected chi connectivity index (χ0v) is 13.5. The summed E-state index contributed by atoms with van der Waals surface area (Å²) < 4.78 is 0. The summed E-state index contributed by atoms with van der Waals surface area (Å²) in [7, 11) is 0. The fraction of sp³-hybridized carbons (Fsp3) is 0. The number of rotatable bonds is 4. The van der Waals surface area contributed by atoms with Gasteiger partial charge in [0.15, 0.2) is 11.6 Å². The molecule has 0 spiro atoms.